The van der Waals surface area contributed by atoms with Crippen molar-refractivity contribution in [2.45, 2.75) is 0 Å². The second-order valence-corrected chi connectivity index (χ2v) is 5.86. The molecule has 1 aliphatic rings. The van der Waals surface area contributed by atoms with Crippen LogP contribution >= 0.6 is 0 Å². The Kier molecular flexibility index (Phi) is 7.08. The lowest BCUT2D eigenvalue weighted by Crippen LogP contribution is -2.37. The predicted octanol–water partition coefficient (Wildman–Crippen LogP) is 1.51. The number of rotatable bonds is 8. The minimum absolute atomic E-state index is 0.0243. The van der Waals surface area contributed by atoms with E-state index in [9.17, 15) is 4.79 Å². The maximum absolute atomic E-state index is 12.4. The van der Waals surface area contributed by atoms with Gasteiger partial charge in [-0.2, -0.15) is 0 Å². The quantitative estimate of drug-likeness (QED) is 0.675. The number of hydrogen-bond acceptors (Lipinski definition) is 5. The van der Waals surface area contributed by atoms with E-state index >= 15 is 0 Å². The number of hydrogen-bond donors (Lipinski definition) is 0. The van der Waals surface area contributed by atoms with Gasteiger partial charge in [-0.05, 0) is 37.9 Å². The molecule has 1 aliphatic heterocycles. The van der Waals surface area contributed by atoms with Gasteiger partial charge in [0.2, 0.25) is 5.91 Å². The van der Waals surface area contributed by atoms with Gasteiger partial charge >= 0.3 is 0 Å². The first-order valence-corrected chi connectivity index (χ1v) is 8.10. The van der Waals surface area contributed by atoms with Crippen LogP contribution in [0.2, 0.25) is 0 Å². The van der Waals surface area contributed by atoms with Crippen LogP contribution in [0.1, 0.15) is 5.56 Å². The first kappa shape index (κ1) is 18.3. The average Bonchev–Trinajstić information content (AvgIpc) is 2.59. The van der Waals surface area contributed by atoms with Gasteiger partial charge in [-0.15, -0.1) is 0 Å². The Morgan fingerprint density at radius 1 is 1.17 bits per heavy atom. The fourth-order valence-electron chi connectivity index (χ4n) is 2.29. The molecule has 0 saturated heterocycles. The highest BCUT2D eigenvalue weighted by Gasteiger charge is 2.12. The van der Waals surface area contributed by atoms with Crippen LogP contribution in [0.5, 0.6) is 11.5 Å². The van der Waals surface area contributed by atoms with Crippen molar-refractivity contribution in [2.24, 2.45) is 0 Å². The molecule has 6 nitrogen and oxygen atoms in total. The fourth-order valence-corrected chi connectivity index (χ4v) is 2.29. The number of ether oxygens (including phenoxy) is 3. The number of likely N-dealkylation sites (N-methyl/N-ethyl adjacent to an activating group) is 1. The molecule has 0 aliphatic carbocycles. The monoisotopic (exact) mass is 334 g/mol. The summed E-state index contributed by atoms with van der Waals surface area (Å²) in [6.45, 7) is 3.70. The van der Waals surface area contributed by atoms with E-state index in [1.807, 2.05) is 32.3 Å². The Morgan fingerprint density at radius 2 is 1.92 bits per heavy atom. The van der Waals surface area contributed by atoms with Crippen LogP contribution in [0.4, 0.5) is 0 Å². The summed E-state index contributed by atoms with van der Waals surface area (Å²) >= 11 is 0. The maximum atomic E-state index is 12.4. The molecule has 6 heteroatoms. The number of methoxy groups -OCH3 is 1. The third-order valence-corrected chi connectivity index (χ3v) is 3.68. The smallest absolute Gasteiger partial charge is 0.246 e. The molecule has 1 aromatic carbocycles. The summed E-state index contributed by atoms with van der Waals surface area (Å²) in [5.74, 6) is 1.45. The highest BCUT2D eigenvalue weighted by molar-refractivity contribution is 5.91. The van der Waals surface area contributed by atoms with Crippen LogP contribution in [-0.4, -0.2) is 76.4 Å². The summed E-state index contributed by atoms with van der Waals surface area (Å²) < 4.78 is 16.2. The Morgan fingerprint density at radius 3 is 2.62 bits per heavy atom. The number of benzene rings is 1. The minimum atomic E-state index is -0.0243. The van der Waals surface area contributed by atoms with Crippen molar-refractivity contribution in [2.75, 3.05) is 60.7 Å². The van der Waals surface area contributed by atoms with Crippen LogP contribution in [-0.2, 0) is 9.53 Å². The molecule has 0 unspecified atom stereocenters. The first-order valence-electron chi connectivity index (χ1n) is 8.10. The highest BCUT2D eigenvalue weighted by atomic mass is 16.6. The SMILES string of the molecule is COCCN(CCN(C)C)C(=O)/C=C/c1ccc2c(c1)OCCO2. The average molecular weight is 334 g/mol. The predicted molar refractivity (Wildman–Crippen MR) is 93.5 cm³/mol. The molecule has 1 aromatic rings. The highest BCUT2D eigenvalue weighted by Crippen LogP contribution is 2.31. The number of amides is 1. The third-order valence-electron chi connectivity index (χ3n) is 3.68. The zero-order valence-electron chi connectivity index (χ0n) is 14.7. The maximum Gasteiger partial charge on any atom is 0.246 e. The van der Waals surface area contributed by atoms with E-state index in [4.69, 9.17) is 14.2 Å². The summed E-state index contributed by atoms with van der Waals surface area (Å²) in [5, 5.41) is 0. The van der Waals surface area contributed by atoms with Gasteiger partial charge in [-0.25, -0.2) is 0 Å². The largest absolute Gasteiger partial charge is 0.486 e. The van der Waals surface area contributed by atoms with Crippen LogP contribution in [0, 0.1) is 0 Å². The molecule has 0 aromatic heterocycles. The molecule has 24 heavy (non-hydrogen) atoms. The summed E-state index contributed by atoms with van der Waals surface area (Å²) in [7, 11) is 5.62. The van der Waals surface area contributed by atoms with Gasteiger partial charge in [-0.1, -0.05) is 6.07 Å². The van der Waals surface area contributed by atoms with E-state index in [0.29, 0.717) is 32.9 Å². The Bertz CT molecular complexity index is 572. The number of carbonyl (C=O) groups is 1. The molecule has 0 N–H and O–H groups in total. The lowest BCUT2D eigenvalue weighted by molar-refractivity contribution is -0.126. The summed E-state index contributed by atoms with van der Waals surface area (Å²) in [6, 6.07) is 5.67. The zero-order chi connectivity index (χ0) is 17.4. The molecule has 0 saturated carbocycles. The minimum Gasteiger partial charge on any atom is -0.486 e. The zero-order valence-corrected chi connectivity index (χ0v) is 14.7. The Hall–Kier alpha value is -2.05. The van der Waals surface area contributed by atoms with Gasteiger partial charge in [0.1, 0.15) is 13.2 Å². The van der Waals surface area contributed by atoms with E-state index in [-0.39, 0.29) is 5.91 Å². The van der Waals surface area contributed by atoms with Crippen molar-refractivity contribution >= 4 is 12.0 Å². The second-order valence-electron chi connectivity index (χ2n) is 5.86. The molecular formula is C18H26N2O4. The normalized spacial score (nSPS) is 13.5. The molecule has 1 amide bonds. The topological polar surface area (TPSA) is 51.2 Å². The first-order chi connectivity index (χ1) is 11.6. The van der Waals surface area contributed by atoms with Crippen molar-refractivity contribution in [3.63, 3.8) is 0 Å². The van der Waals surface area contributed by atoms with Crippen molar-refractivity contribution in [3.8, 4) is 11.5 Å². The molecular weight excluding hydrogens is 308 g/mol. The van der Waals surface area contributed by atoms with Crippen LogP contribution in [0.3, 0.4) is 0 Å². The third kappa shape index (κ3) is 5.54. The number of carbonyl (C=O) groups excluding carboxylic acids is 1. The van der Waals surface area contributed by atoms with E-state index in [0.717, 1.165) is 23.6 Å². The van der Waals surface area contributed by atoms with Gasteiger partial charge < -0.3 is 24.0 Å². The molecule has 0 spiro atoms. The van der Waals surface area contributed by atoms with Crippen molar-refractivity contribution in [1.82, 2.24) is 9.80 Å². The molecule has 0 radical (unpaired) electrons. The molecule has 1 heterocycles. The summed E-state index contributed by atoms with van der Waals surface area (Å²) in [4.78, 5) is 16.3. The van der Waals surface area contributed by atoms with Gasteiger partial charge in [0.15, 0.2) is 11.5 Å². The van der Waals surface area contributed by atoms with E-state index in [1.54, 1.807) is 24.2 Å². The van der Waals surface area contributed by atoms with Crippen molar-refractivity contribution < 1.29 is 19.0 Å². The van der Waals surface area contributed by atoms with E-state index < -0.39 is 0 Å². The summed E-state index contributed by atoms with van der Waals surface area (Å²) in [6.07, 6.45) is 3.40. The molecule has 2 rings (SSSR count). The van der Waals surface area contributed by atoms with Crippen LogP contribution in [0.25, 0.3) is 6.08 Å². The lowest BCUT2D eigenvalue weighted by atomic mass is 10.1. The molecule has 0 bridgehead atoms. The van der Waals surface area contributed by atoms with Gasteiger partial charge in [0.25, 0.3) is 0 Å². The molecule has 0 fully saturated rings. The van der Waals surface area contributed by atoms with Crippen LogP contribution in [0.15, 0.2) is 24.3 Å². The van der Waals surface area contributed by atoms with Gasteiger partial charge in [-0.3, -0.25) is 4.79 Å². The van der Waals surface area contributed by atoms with E-state index in [1.165, 1.54) is 0 Å². The van der Waals surface area contributed by atoms with Crippen LogP contribution < -0.4 is 9.47 Å². The van der Waals surface area contributed by atoms with E-state index in [2.05, 4.69) is 4.90 Å². The number of fused-ring (bicyclic) bond motifs is 1. The molecule has 0 atom stereocenters. The summed E-state index contributed by atoms with van der Waals surface area (Å²) in [5.41, 5.74) is 0.909. The lowest BCUT2D eigenvalue weighted by Gasteiger charge is -2.23. The molecule has 132 valence electrons. The van der Waals surface area contributed by atoms with Gasteiger partial charge in [0, 0.05) is 32.8 Å². The Labute approximate surface area is 143 Å². The number of nitrogens with zero attached hydrogens (tertiary/aromatic N) is 2. The van der Waals surface area contributed by atoms with Gasteiger partial charge in [0.05, 0.1) is 6.61 Å². The van der Waals surface area contributed by atoms with Crippen molar-refractivity contribution in [3.05, 3.63) is 29.8 Å². The van der Waals surface area contributed by atoms with Crippen molar-refractivity contribution in [1.29, 1.82) is 0 Å². The fraction of sp³-hybridized carbons (Fsp3) is 0.500. The Balaban J connectivity index is 2.00. The second kappa shape index (κ2) is 9.30. The standard InChI is InChI=1S/C18H26N2O4/c1-19(2)8-9-20(10-11-22-3)18(21)7-5-15-4-6-16-17(14-15)24-13-12-23-16/h4-7,14H,8-13H2,1-3H3/b7-5+.